The Labute approximate surface area is 72.7 Å². The van der Waals surface area contributed by atoms with Crippen LogP contribution in [0.15, 0.2) is 0 Å². The van der Waals surface area contributed by atoms with Crippen molar-refractivity contribution in [1.29, 1.82) is 0 Å². The maximum absolute atomic E-state index is 10.1. The molecule has 0 amide bonds. The molecule has 0 rings (SSSR count). The van der Waals surface area contributed by atoms with Gasteiger partial charge in [0.15, 0.2) is 0 Å². The van der Waals surface area contributed by atoms with Gasteiger partial charge in [-0.15, -0.1) is 11.6 Å². The summed E-state index contributed by atoms with van der Waals surface area (Å²) in [6.07, 6.45) is 0.656. The van der Waals surface area contributed by atoms with Crippen molar-refractivity contribution in [3.63, 3.8) is 0 Å². The van der Waals surface area contributed by atoms with Gasteiger partial charge in [-0.05, 0) is 6.42 Å². The zero-order valence-corrected chi connectivity index (χ0v) is 7.85. The van der Waals surface area contributed by atoms with Gasteiger partial charge in [-0.25, -0.2) is 0 Å². The van der Waals surface area contributed by atoms with Gasteiger partial charge in [0.05, 0.1) is 15.3 Å². The summed E-state index contributed by atoms with van der Waals surface area (Å²) >= 11 is 7.35. The molecule has 4 heteroatoms. The van der Waals surface area contributed by atoms with Crippen LogP contribution in [-0.4, -0.2) is 15.3 Å². The lowest BCUT2D eigenvalue weighted by Crippen LogP contribution is -2.36. The molecule has 0 fully saturated rings. The van der Waals surface area contributed by atoms with E-state index in [4.69, 9.17) is 11.6 Å². The van der Waals surface area contributed by atoms with Crippen LogP contribution in [0.3, 0.4) is 0 Å². The fraction of sp³-hybridized carbons (Fsp3) is 0.800. The molecule has 0 aliphatic carbocycles. The summed E-state index contributed by atoms with van der Waals surface area (Å²) in [6, 6.07) is 0. The predicted octanol–water partition coefficient (Wildman–Crippen LogP) is 0.557. The number of hydrogen-bond acceptors (Lipinski definition) is 2. The van der Waals surface area contributed by atoms with Crippen LogP contribution in [0.5, 0.6) is 0 Å². The summed E-state index contributed by atoms with van der Waals surface area (Å²) in [5, 5.41) is 9.79. The average molecular weight is 261 g/mol. The second kappa shape index (κ2) is 4.33. The van der Waals surface area contributed by atoms with Gasteiger partial charge in [-0.3, -0.25) is 0 Å². The van der Waals surface area contributed by atoms with Crippen molar-refractivity contribution in [2.45, 2.75) is 22.6 Å². The molecule has 2 unspecified atom stereocenters. The van der Waals surface area contributed by atoms with Gasteiger partial charge >= 0.3 is 0 Å². The van der Waals surface area contributed by atoms with Crippen LogP contribution in [-0.2, 0) is 4.79 Å². The number of carboxylic acids is 1. The maximum Gasteiger partial charge on any atom is 0.0668 e. The highest BCUT2D eigenvalue weighted by Crippen LogP contribution is 2.14. The number of carbonyl (C=O) groups excluding carboxylic acids is 1. The van der Waals surface area contributed by atoms with Crippen LogP contribution in [0, 0.1) is 0 Å². The summed E-state index contributed by atoms with van der Waals surface area (Å²) in [7, 11) is 0. The third-order valence-corrected chi connectivity index (χ3v) is 3.30. The lowest BCUT2D eigenvalue weighted by atomic mass is 10.2. The largest absolute Gasteiger partial charge is 0.549 e. The van der Waals surface area contributed by atoms with Crippen molar-refractivity contribution in [3.05, 3.63) is 0 Å². The van der Waals surface area contributed by atoms with Crippen molar-refractivity contribution in [1.82, 2.24) is 0 Å². The average Bonchev–Trinajstić information content (AvgIpc) is 1.84. The minimum atomic E-state index is -1.09. The normalized spacial score (nSPS) is 16.8. The van der Waals surface area contributed by atoms with Gasteiger partial charge in [0, 0.05) is 0 Å². The highest BCUT2D eigenvalue weighted by atomic mass is 127. The fourth-order valence-electron chi connectivity index (χ4n) is 0.355. The molecule has 54 valence electrons. The lowest BCUT2D eigenvalue weighted by Gasteiger charge is -2.14. The Kier molecular flexibility index (Phi) is 4.56. The van der Waals surface area contributed by atoms with Crippen molar-refractivity contribution < 1.29 is 9.90 Å². The molecule has 0 saturated carbocycles. The summed E-state index contributed by atoms with van der Waals surface area (Å²) in [4.78, 5) is 10.1. The van der Waals surface area contributed by atoms with E-state index in [2.05, 4.69) is 0 Å². The van der Waals surface area contributed by atoms with E-state index in [0.717, 1.165) is 0 Å². The first kappa shape index (κ1) is 9.49. The molecular weight excluding hydrogens is 254 g/mol. The summed E-state index contributed by atoms with van der Waals surface area (Å²) in [6.45, 7) is 1.84. The first-order valence-electron chi connectivity index (χ1n) is 2.58. The van der Waals surface area contributed by atoms with Crippen molar-refractivity contribution in [2.75, 3.05) is 0 Å². The minimum Gasteiger partial charge on any atom is -0.549 e. The third-order valence-electron chi connectivity index (χ3n) is 0.933. The molecule has 2 atom stereocenters. The Hall–Kier alpha value is 0.490. The topological polar surface area (TPSA) is 40.1 Å². The van der Waals surface area contributed by atoms with E-state index in [9.17, 15) is 9.90 Å². The monoisotopic (exact) mass is 261 g/mol. The van der Waals surface area contributed by atoms with Gasteiger partial charge < -0.3 is 9.90 Å². The molecule has 0 heterocycles. The molecule has 0 spiro atoms. The number of alkyl halides is 2. The van der Waals surface area contributed by atoms with Crippen LogP contribution in [0.1, 0.15) is 13.3 Å². The van der Waals surface area contributed by atoms with Crippen LogP contribution >= 0.6 is 34.2 Å². The lowest BCUT2D eigenvalue weighted by molar-refractivity contribution is -0.304. The molecular formula is C5H7ClIO2-. The summed E-state index contributed by atoms with van der Waals surface area (Å²) in [5.41, 5.74) is 0. The number of aliphatic carboxylic acids is 1. The Balaban J connectivity index is 3.72. The van der Waals surface area contributed by atoms with E-state index in [0.29, 0.717) is 6.42 Å². The van der Waals surface area contributed by atoms with Crippen LogP contribution in [0.25, 0.3) is 0 Å². The Morgan fingerprint density at radius 1 is 1.89 bits per heavy atom. The number of hydrogen-bond donors (Lipinski definition) is 0. The van der Waals surface area contributed by atoms with Crippen LogP contribution < -0.4 is 5.11 Å². The first-order chi connectivity index (χ1) is 4.09. The predicted molar refractivity (Wildman–Crippen MR) is 42.7 cm³/mol. The number of rotatable bonds is 3. The quantitative estimate of drug-likeness (QED) is 0.550. The molecule has 0 N–H and O–H groups in total. The summed E-state index contributed by atoms with van der Waals surface area (Å²) < 4.78 is -0.575. The Morgan fingerprint density at radius 2 is 2.33 bits per heavy atom. The minimum absolute atomic E-state index is 0.310. The molecule has 0 saturated heterocycles. The van der Waals surface area contributed by atoms with E-state index >= 15 is 0 Å². The molecule has 9 heavy (non-hydrogen) atoms. The van der Waals surface area contributed by atoms with Crippen LogP contribution in [0.2, 0.25) is 0 Å². The molecule has 2 nitrogen and oxygen atoms in total. The first-order valence-corrected chi connectivity index (χ1v) is 4.26. The Morgan fingerprint density at radius 3 is 2.44 bits per heavy atom. The molecule has 0 bridgehead atoms. The SMILES string of the molecule is CCC(Cl)C(I)C(=O)[O-]. The highest BCUT2D eigenvalue weighted by molar-refractivity contribution is 14.1. The smallest absolute Gasteiger partial charge is 0.0668 e. The maximum atomic E-state index is 10.1. The highest BCUT2D eigenvalue weighted by Gasteiger charge is 2.13. The number of carbonyl (C=O) groups is 1. The molecule has 0 aliphatic heterocycles. The molecule has 0 aromatic rings. The number of carboxylic acid groups (broad SMARTS) is 1. The van der Waals surface area contributed by atoms with E-state index in [1.807, 2.05) is 6.92 Å². The van der Waals surface area contributed by atoms with Gasteiger partial charge in [0.2, 0.25) is 0 Å². The van der Waals surface area contributed by atoms with E-state index in [1.165, 1.54) is 0 Å². The van der Waals surface area contributed by atoms with Gasteiger partial charge in [0.1, 0.15) is 0 Å². The third kappa shape index (κ3) is 3.25. The van der Waals surface area contributed by atoms with Crippen molar-refractivity contribution in [2.24, 2.45) is 0 Å². The standard InChI is InChI=1S/C5H8ClIO2/c1-2-3(6)4(7)5(8)9/h3-4H,2H2,1H3,(H,8,9)/p-1. The second-order valence-electron chi connectivity index (χ2n) is 1.65. The summed E-state index contributed by atoms with van der Waals surface area (Å²) in [5.74, 6) is -1.09. The van der Waals surface area contributed by atoms with Crippen molar-refractivity contribution in [3.8, 4) is 0 Å². The molecule has 0 aromatic carbocycles. The van der Waals surface area contributed by atoms with Gasteiger partial charge in [-0.1, -0.05) is 29.5 Å². The zero-order chi connectivity index (χ0) is 7.44. The molecule has 0 aliphatic rings. The zero-order valence-electron chi connectivity index (χ0n) is 4.93. The van der Waals surface area contributed by atoms with E-state index in [-0.39, 0.29) is 5.38 Å². The molecule has 0 radical (unpaired) electrons. The van der Waals surface area contributed by atoms with E-state index < -0.39 is 9.89 Å². The van der Waals surface area contributed by atoms with Crippen LogP contribution in [0.4, 0.5) is 0 Å². The molecule has 0 aromatic heterocycles. The van der Waals surface area contributed by atoms with Gasteiger partial charge in [0.25, 0.3) is 0 Å². The number of halogens is 2. The van der Waals surface area contributed by atoms with Crippen molar-refractivity contribution >= 4 is 40.2 Å². The fourth-order valence-corrected chi connectivity index (χ4v) is 0.966. The van der Waals surface area contributed by atoms with E-state index in [1.54, 1.807) is 22.6 Å². The van der Waals surface area contributed by atoms with Gasteiger partial charge in [-0.2, -0.15) is 0 Å². The Bertz CT molecular complexity index is 107. The second-order valence-corrected chi connectivity index (χ2v) is 3.55.